The van der Waals surface area contributed by atoms with Gasteiger partial charge in [0.15, 0.2) is 0 Å². The smallest absolute Gasteiger partial charge is 0.147 e. The van der Waals surface area contributed by atoms with E-state index in [1.165, 1.54) is 0 Å². The van der Waals surface area contributed by atoms with Crippen molar-refractivity contribution in [2.24, 2.45) is 34.0 Å². The van der Waals surface area contributed by atoms with E-state index >= 15 is 0 Å². The van der Waals surface area contributed by atoms with E-state index in [0.29, 0.717) is 18.8 Å². The van der Waals surface area contributed by atoms with Crippen molar-refractivity contribution in [1.82, 2.24) is 0 Å². The molecular weight excluding hydrogens is 456 g/mol. The van der Waals surface area contributed by atoms with Gasteiger partial charge < -0.3 is 24.1 Å². The molecule has 0 spiro atoms. The van der Waals surface area contributed by atoms with Crippen LogP contribution >= 0.6 is 0 Å². The lowest BCUT2D eigenvalue weighted by molar-refractivity contribution is -0.248. The van der Waals surface area contributed by atoms with Gasteiger partial charge in [-0.2, -0.15) is 0 Å². The van der Waals surface area contributed by atoms with Gasteiger partial charge in [-0.25, -0.2) is 0 Å². The molecule has 6 heteroatoms. The number of carbonyl (C=O) groups is 1. The highest BCUT2D eigenvalue weighted by Crippen LogP contribution is 2.68. The number of aliphatic hydroxyl groups excluding tert-OH is 1. The van der Waals surface area contributed by atoms with Crippen molar-refractivity contribution in [3.63, 3.8) is 0 Å². The van der Waals surface area contributed by atoms with E-state index in [2.05, 4.69) is 39.8 Å². The molecule has 3 aliphatic carbocycles. The SMILES string of the molecule is CC[C@]1(C)C[C@@H](OCOC)[C@@]2(C)C3C(=O)CC[C@@]3(CC[C@H]2CO)[C@@H](C)[C@@H]1OCOCc1ccccc1. The lowest BCUT2D eigenvalue weighted by Crippen LogP contribution is -2.64. The first-order valence-corrected chi connectivity index (χ1v) is 13.7. The topological polar surface area (TPSA) is 74.2 Å². The van der Waals surface area contributed by atoms with E-state index in [0.717, 1.165) is 37.7 Å². The first kappa shape index (κ1) is 27.7. The van der Waals surface area contributed by atoms with Gasteiger partial charge in [0, 0.05) is 31.5 Å². The first-order valence-electron chi connectivity index (χ1n) is 13.7. The summed E-state index contributed by atoms with van der Waals surface area (Å²) in [5, 5.41) is 10.5. The minimum absolute atomic E-state index is 0.0273. The van der Waals surface area contributed by atoms with Crippen LogP contribution < -0.4 is 0 Å². The van der Waals surface area contributed by atoms with Crippen molar-refractivity contribution < 1.29 is 28.8 Å². The summed E-state index contributed by atoms with van der Waals surface area (Å²) in [6.45, 7) is 10.0. The number of hydrogen-bond acceptors (Lipinski definition) is 6. The summed E-state index contributed by atoms with van der Waals surface area (Å²) < 4.78 is 24.4. The quantitative estimate of drug-likeness (QED) is 0.343. The highest BCUT2D eigenvalue weighted by atomic mass is 16.7. The van der Waals surface area contributed by atoms with Crippen LogP contribution in [0.5, 0.6) is 0 Å². The van der Waals surface area contributed by atoms with Crippen LogP contribution in [0.3, 0.4) is 0 Å². The molecule has 0 heterocycles. The maximum atomic E-state index is 13.6. The largest absolute Gasteiger partial charge is 0.396 e. The summed E-state index contributed by atoms with van der Waals surface area (Å²) in [7, 11) is 1.64. The van der Waals surface area contributed by atoms with Crippen molar-refractivity contribution in [1.29, 1.82) is 0 Å². The molecule has 2 bridgehead atoms. The number of methoxy groups -OCH3 is 1. The Hall–Kier alpha value is -1.31. The number of ketones is 1. The fourth-order valence-corrected chi connectivity index (χ4v) is 8.24. The number of aliphatic hydroxyl groups is 1. The van der Waals surface area contributed by atoms with Crippen molar-refractivity contribution in [2.75, 3.05) is 27.3 Å². The molecule has 0 aliphatic heterocycles. The van der Waals surface area contributed by atoms with Crippen molar-refractivity contribution in [2.45, 2.75) is 85.0 Å². The van der Waals surface area contributed by atoms with Gasteiger partial charge in [-0.05, 0) is 60.3 Å². The minimum Gasteiger partial charge on any atom is -0.396 e. The van der Waals surface area contributed by atoms with Crippen molar-refractivity contribution in [3.05, 3.63) is 35.9 Å². The normalized spacial score (nSPS) is 40.5. The van der Waals surface area contributed by atoms with E-state index < -0.39 is 5.41 Å². The third kappa shape index (κ3) is 4.69. The van der Waals surface area contributed by atoms with Crippen LogP contribution in [0.1, 0.15) is 71.8 Å². The highest BCUT2D eigenvalue weighted by Gasteiger charge is 2.68. The monoisotopic (exact) mass is 502 g/mol. The lowest BCUT2D eigenvalue weighted by atomic mass is 9.43. The summed E-state index contributed by atoms with van der Waals surface area (Å²) >= 11 is 0. The zero-order valence-electron chi connectivity index (χ0n) is 22.8. The number of carbonyl (C=O) groups excluding carboxylic acids is 1. The zero-order valence-corrected chi connectivity index (χ0v) is 22.8. The second-order valence-corrected chi connectivity index (χ2v) is 12.0. The Kier molecular flexibility index (Phi) is 8.63. The van der Waals surface area contributed by atoms with E-state index in [1.54, 1.807) is 7.11 Å². The van der Waals surface area contributed by atoms with Gasteiger partial charge in [0.2, 0.25) is 0 Å². The van der Waals surface area contributed by atoms with Gasteiger partial charge in [0.25, 0.3) is 0 Å². The predicted octanol–water partition coefficient (Wildman–Crippen LogP) is 5.37. The molecule has 3 saturated carbocycles. The Morgan fingerprint density at radius 2 is 1.83 bits per heavy atom. The van der Waals surface area contributed by atoms with E-state index in [4.69, 9.17) is 18.9 Å². The Labute approximate surface area is 217 Å². The summed E-state index contributed by atoms with van der Waals surface area (Å²) in [6, 6.07) is 10.1. The fourth-order valence-electron chi connectivity index (χ4n) is 8.24. The van der Waals surface area contributed by atoms with Gasteiger partial charge >= 0.3 is 0 Å². The minimum atomic E-state index is -0.446. The molecule has 0 aromatic heterocycles. The predicted molar refractivity (Wildman–Crippen MR) is 138 cm³/mol. The Balaban J connectivity index is 1.68. The zero-order chi connectivity index (χ0) is 26.0. The molecule has 1 unspecified atom stereocenters. The molecule has 1 aromatic rings. The van der Waals surface area contributed by atoms with E-state index in [9.17, 15) is 9.90 Å². The highest BCUT2D eigenvalue weighted by molar-refractivity contribution is 5.85. The Morgan fingerprint density at radius 3 is 2.50 bits per heavy atom. The third-order valence-corrected chi connectivity index (χ3v) is 10.4. The van der Waals surface area contributed by atoms with Crippen LogP contribution in [0.25, 0.3) is 0 Å². The summed E-state index contributed by atoms with van der Waals surface area (Å²) in [5.74, 6) is 0.388. The molecule has 202 valence electrons. The van der Waals surface area contributed by atoms with Gasteiger partial charge in [-0.3, -0.25) is 4.79 Å². The number of hydrogen-bond donors (Lipinski definition) is 1. The lowest BCUT2D eigenvalue weighted by Gasteiger charge is -2.63. The van der Waals surface area contributed by atoms with Crippen molar-refractivity contribution in [3.8, 4) is 0 Å². The first-order chi connectivity index (χ1) is 17.3. The number of benzene rings is 1. The van der Waals surface area contributed by atoms with E-state index in [-0.39, 0.29) is 61.0 Å². The molecule has 36 heavy (non-hydrogen) atoms. The average molecular weight is 503 g/mol. The Bertz CT molecular complexity index is 875. The molecule has 1 aromatic carbocycles. The maximum Gasteiger partial charge on any atom is 0.147 e. The molecule has 1 N–H and O–H groups in total. The van der Waals surface area contributed by atoms with E-state index in [1.807, 2.05) is 18.2 Å². The van der Waals surface area contributed by atoms with Crippen LogP contribution in [0.2, 0.25) is 0 Å². The second-order valence-electron chi connectivity index (χ2n) is 12.0. The summed E-state index contributed by atoms with van der Waals surface area (Å²) in [6.07, 6.45) is 4.69. The maximum absolute atomic E-state index is 13.6. The third-order valence-electron chi connectivity index (χ3n) is 10.4. The molecule has 3 fully saturated rings. The van der Waals surface area contributed by atoms with Crippen LogP contribution in [0.15, 0.2) is 30.3 Å². The summed E-state index contributed by atoms with van der Waals surface area (Å²) in [5.41, 5.74) is 0.332. The fraction of sp³-hybridized carbons (Fsp3) is 0.767. The summed E-state index contributed by atoms with van der Waals surface area (Å²) in [4.78, 5) is 13.6. The van der Waals surface area contributed by atoms with Gasteiger partial charge in [-0.15, -0.1) is 0 Å². The Morgan fingerprint density at radius 1 is 1.08 bits per heavy atom. The standard InChI is InChI=1S/C30H46O6/c1-6-28(3)16-25(35-19-33-5)29(4)23(17-31)12-14-30(15-13-24(32)26(29)30)21(2)27(28)36-20-34-18-22-10-8-7-9-11-22/h7-11,21,23,25-27,31H,6,12-20H2,1-5H3/t21-,23-,25+,26?,27-,28+,29-,30-/m0/s1. The molecule has 6 nitrogen and oxygen atoms in total. The molecule has 4 rings (SSSR count). The molecule has 0 radical (unpaired) electrons. The second kappa shape index (κ2) is 11.2. The molecule has 0 amide bonds. The van der Waals surface area contributed by atoms with Crippen LogP contribution in [0, 0.1) is 34.0 Å². The van der Waals surface area contributed by atoms with Crippen LogP contribution in [0.4, 0.5) is 0 Å². The van der Waals surface area contributed by atoms with Crippen LogP contribution in [-0.2, 0) is 30.3 Å². The van der Waals surface area contributed by atoms with Crippen LogP contribution in [-0.4, -0.2) is 50.4 Å². The number of Topliss-reactive ketones (excluding diaryl/α,β-unsaturated/α-hetero) is 1. The van der Waals surface area contributed by atoms with Gasteiger partial charge in [0.1, 0.15) is 19.4 Å². The van der Waals surface area contributed by atoms with Gasteiger partial charge in [-0.1, -0.05) is 58.0 Å². The number of rotatable bonds is 10. The molecule has 0 saturated heterocycles. The molecule has 3 aliphatic rings. The average Bonchev–Trinajstić information content (AvgIpc) is 3.24. The number of ether oxygens (including phenoxy) is 4. The van der Waals surface area contributed by atoms with Gasteiger partial charge in [0.05, 0.1) is 18.8 Å². The van der Waals surface area contributed by atoms with Crippen molar-refractivity contribution >= 4 is 5.78 Å². The molecular formula is C30H46O6. The molecule has 8 atom stereocenters.